The number of carbonyl (C=O) groups is 2. The molecule has 2 saturated heterocycles. The van der Waals surface area contributed by atoms with Crippen LogP contribution in [-0.4, -0.2) is 59.4 Å². The van der Waals surface area contributed by atoms with Crippen LogP contribution in [0.25, 0.3) is 0 Å². The van der Waals surface area contributed by atoms with E-state index in [2.05, 4.69) is 11.5 Å². The third kappa shape index (κ3) is 2.80. The van der Waals surface area contributed by atoms with Crippen molar-refractivity contribution in [1.82, 2.24) is 4.90 Å². The fourth-order valence-corrected chi connectivity index (χ4v) is 3.47. The van der Waals surface area contributed by atoms with Gasteiger partial charge in [-0.3, -0.25) is 4.90 Å². The summed E-state index contributed by atoms with van der Waals surface area (Å²) >= 11 is 0. The Bertz CT molecular complexity index is 646. The van der Waals surface area contributed by atoms with Crippen LogP contribution in [0.3, 0.4) is 0 Å². The lowest BCUT2D eigenvalue weighted by atomic mass is 9.91. The van der Waals surface area contributed by atoms with E-state index >= 15 is 0 Å². The zero-order valence-electron chi connectivity index (χ0n) is 14.1. The van der Waals surface area contributed by atoms with Crippen molar-refractivity contribution in [2.75, 3.05) is 19.7 Å². The normalized spacial score (nSPS) is 36.5. The van der Waals surface area contributed by atoms with Crippen LogP contribution >= 0.6 is 0 Å². The molecule has 0 amide bonds. The van der Waals surface area contributed by atoms with Crippen molar-refractivity contribution < 1.29 is 24.2 Å². The minimum atomic E-state index is -1.85. The van der Waals surface area contributed by atoms with E-state index in [9.17, 15) is 14.7 Å². The van der Waals surface area contributed by atoms with Crippen LogP contribution in [0.4, 0.5) is 0 Å². The van der Waals surface area contributed by atoms with Gasteiger partial charge in [-0.05, 0) is 31.4 Å². The third-order valence-corrected chi connectivity index (χ3v) is 5.14. The molecule has 6 heteroatoms. The van der Waals surface area contributed by atoms with Crippen molar-refractivity contribution in [3.05, 3.63) is 35.5 Å². The Morgan fingerprint density at radius 3 is 2.92 bits per heavy atom. The molecule has 0 radical (unpaired) electrons. The molecule has 0 aromatic rings. The molecule has 1 N–H and O–H groups in total. The van der Waals surface area contributed by atoms with E-state index in [4.69, 9.17) is 9.47 Å². The Balaban J connectivity index is 1.92. The Kier molecular flexibility index (Phi) is 4.36. The van der Waals surface area contributed by atoms with Crippen molar-refractivity contribution in [1.29, 1.82) is 0 Å². The third-order valence-electron chi connectivity index (χ3n) is 5.14. The monoisotopic (exact) mass is 333 g/mol. The van der Waals surface area contributed by atoms with Gasteiger partial charge >= 0.3 is 11.9 Å². The quantitative estimate of drug-likeness (QED) is 0.407. The minimum Gasteiger partial charge on any atom is -0.459 e. The average Bonchev–Trinajstić information content (AvgIpc) is 3.12. The highest BCUT2D eigenvalue weighted by atomic mass is 16.6. The van der Waals surface area contributed by atoms with Crippen molar-refractivity contribution in [2.24, 2.45) is 0 Å². The summed E-state index contributed by atoms with van der Waals surface area (Å²) < 4.78 is 11.1. The molecule has 0 aromatic carbocycles. The summed E-state index contributed by atoms with van der Waals surface area (Å²) in [4.78, 5) is 27.0. The lowest BCUT2D eigenvalue weighted by Gasteiger charge is -2.28. The first-order chi connectivity index (χ1) is 11.3. The maximum absolute atomic E-state index is 12.5. The van der Waals surface area contributed by atoms with Gasteiger partial charge in [0.1, 0.15) is 12.7 Å². The maximum Gasteiger partial charge on any atom is 0.342 e. The molecular formula is C18H23NO5. The smallest absolute Gasteiger partial charge is 0.342 e. The molecule has 0 saturated carbocycles. The number of aliphatic hydroxyl groups is 1. The molecule has 0 unspecified atom stereocenters. The van der Waals surface area contributed by atoms with Crippen LogP contribution in [-0.2, 0) is 19.1 Å². The molecule has 3 aliphatic rings. The second kappa shape index (κ2) is 6.18. The molecule has 2 fully saturated rings. The minimum absolute atomic E-state index is 0.0487. The zero-order chi connectivity index (χ0) is 17.5. The topological polar surface area (TPSA) is 76.1 Å². The van der Waals surface area contributed by atoms with Gasteiger partial charge in [-0.1, -0.05) is 18.7 Å². The largest absolute Gasteiger partial charge is 0.459 e. The van der Waals surface area contributed by atoms with Gasteiger partial charge in [0.2, 0.25) is 0 Å². The van der Waals surface area contributed by atoms with Crippen molar-refractivity contribution in [3.63, 3.8) is 0 Å². The maximum atomic E-state index is 12.5. The van der Waals surface area contributed by atoms with Crippen molar-refractivity contribution >= 4 is 11.9 Å². The molecule has 24 heavy (non-hydrogen) atoms. The van der Waals surface area contributed by atoms with Crippen molar-refractivity contribution in [3.8, 4) is 0 Å². The zero-order valence-corrected chi connectivity index (χ0v) is 14.1. The van der Waals surface area contributed by atoms with Crippen LogP contribution in [0.5, 0.6) is 0 Å². The fourth-order valence-electron chi connectivity index (χ4n) is 3.47. The number of esters is 2. The Hall–Kier alpha value is -1.92. The second-order valence-corrected chi connectivity index (χ2v) is 6.69. The van der Waals surface area contributed by atoms with Crippen LogP contribution in [0, 0.1) is 0 Å². The Morgan fingerprint density at radius 2 is 2.21 bits per heavy atom. The Labute approximate surface area is 141 Å². The SMILES string of the molecule is C=C1C/C(=C/C)C(=O)O[C@@H]2CCN3CC=C(COC(=O)[C@@]1(C)O)[C@@H]23. The number of rotatable bonds is 0. The highest BCUT2D eigenvalue weighted by molar-refractivity contribution is 5.90. The molecule has 3 aliphatic heterocycles. The predicted molar refractivity (Wildman–Crippen MR) is 87.0 cm³/mol. The van der Waals surface area contributed by atoms with Gasteiger partial charge in [-0.25, -0.2) is 9.59 Å². The number of ether oxygens (including phenoxy) is 2. The first-order valence-electron chi connectivity index (χ1n) is 8.21. The number of hydrogen-bond donors (Lipinski definition) is 1. The highest BCUT2D eigenvalue weighted by Gasteiger charge is 2.44. The van der Waals surface area contributed by atoms with Crippen LogP contribution in [0.2, 0.25) is 0 Å². The number of hydrogen-bond acceptors (Lipinski definition) is 6. The van der Waals surface area contributed by atoms with E-state index in [1.807, 2.05) is 6.08 Å². The van der Waals surface area contributed by atoms with E-state index in [1.165, 1.54) is 6.92 Å². The second-order valence-electron chi connectivity index (χ2n) is 6.69. The van der Waals surface area contributed by atoms with E-state index in [-0.39, 0.29) is 30.7 Å². The van der Waals surface area contributed by atoms with Gasteiger partial charge < -0.3 is 14.6 Å². The van der Waals surface area contributed by atoms with Gasteiger partial charge in [-0.2, -0.15) is 0 Å². The van der Waals surface area contributed by atoms with Gasteiger partial charge in [0.25, 0.3) is 0 Å². The van der Waals surface area contributed by atoms with Crippen LogP contribution in [0.15, 0.2) is 35.5 Å². The molecule has 6 nitrogen and oxygen atoms in total. The number of allylic oxidation sites excluding steroid dienone is 1. The lowest BCUT2D eigenvalue weighted by molar-refractivity contribution is -0.160. The molecule has 0 aromatic heterocycles. The van der Waals surface area contributed by atoms with Crippen molar-refractivity contribution in [2.45, 2.75) is 44.4 Å². The standard InChI is InChI=1S/C18H23NO5/c1-4-12-9-11(2)18(3,22)17(21)23-10-13-5-7-19-8-6-14(15(13)19)24-16(12)20/h4-5,14-15,22H,2,6-10H2,1,3H3/b12-4-/t14-,15+,18+/m1/s1. The summed E-state index contributed by atoms with van der Waals surface area (Å²) in [5.41, 5.74) is -0.330. The highest BCUT2D eigenvalue weighted by Crippen LogP contribution is 2.33. The predicted octanol–water partition coefficient (Wildman–Crippen LogP) is 1.11. The van der Waals surface area contributed by atoms with Gasteiger partial charge in [-0.15, -0.1) is 0 Å². The first kappa shape index (κ1) is 16.9. The van der Waals surface area contributed by atoms with E-state index < -0.39 is 17.5 Å². The Morgan fingerprint density at radius 1 is 1.46 bits per heavy atom. The summed E-state index contributed by atoms with van der Waals surface area (Å²) in [6.07, 6.45) is 4.23. The van der Waals surface area contributed by atoms with Crippen LogP contribution < -0.4 is 0 Å². The number of nitrogens with zero attached hydrogens (tertiary/aromatic N) is 1. The number of carbonyl (C=O) groups excluding carboxylic acids is 2. The molecule has 0 spiro atoms. The molecule has 0 bridgehead atoms. The van der Waals surface area contributed by atoms with E-state index in [1.54, 1.807) is 13.0 Å². The lowest BCUT2D eigenvalue weighted by Crippen LogP contribution is -2.42. The summed E-state index contributed by atoms with van der Waals surface area (Å²) in [6.45, 7) is 8.53. The summed E-state index contributed by atoms with van der Waals surface area (Å²) in [5, 5.41) is 10.5. The molecule has 3 atom stereocenters. The molecule has 3 rings (SSSR count). The van der Waals surface area contributed by atoms with Gasteiger partial charge in [0.05, 0.1) is 6.04 Å². The molecular weight excluding hydrogens is 310 g/mol. The molecule has 0 aliphatic carbocycles. The van der Waals surface area contributed by atoms with Gasteiger partial charge in [0, 0.05) is 25.1 Å². The first-order valence-corrected chi connectivity index (χ1v) is 8.21. The van der Waals surface area contributed by atoms with E-state index in [0.717, 1.165) is 25.1 Å². The van der Waals surface area contributed by atoms with Crippen LogP contribution in [0.1, 0.15) is 26.7 Å². The molecule has 3 heterocycles. The van der Waals surface area contributed by atoms with E-state index in [0.29, 0.717) is 5.57 Å². The summed E-state index contributed by atoms with van der Waals surface area (Å²) in [6, 6.07) is -0.0487. The number of cyclic esters (lactones) is 1. The average molecular weight is 333 g/mol. The summed E-state index contributed by atoms with van der Waals surface area (Å²) in [5.74, 6) is -1.16. The molecule has 130 valence electrons. The summed E-state index contributed by atoms with van der Waals surface area (Å²) in [7, 11) is 0. The fraction of sp³-hybridized carbons (Fsp3) is 0.556. The van der Waals surface area contributed by atoms with Gasteiger partial charge in [0.15, 0.2) is 5.60 Å².